The lowest BCUT2D eigenvalue weighted by Gasteiger charge is -2.08. The van der Waals surface area contributed by atoms with Crippen molar-refractivity contribution in [1.29, 1.82) is 0 Å². The van der Waals surface area contributed by atoms with Crippen LogP contribution in [0.1, 0.15) is 10.4 Å². The fraction of sp³-hybridized carbons (Fsp3) is 0. The Morgan fingerprint density at radius 1 is 0.913 bits per heavy atom. The van der Waals surface area contributed by atoms with Crippen LogP contribution in [-0.4, -0.2) is 10.9 Å². The van der Waals surface area contributed by atoms with Gasteiger partial charge in [-0.15, -0.1) is 0 Å². The van der Waals surface area contributed by atoms with E-state index in [4.69, 9.17) is 0 Å². The summed E-state index contributed by atoms with van der Waals surface area (Å²) in [6, 6.07) is 20.6. The smallest absolute Gasteiger partial charge is 0.255 e. The Bertz CT molecular complexity index is 821. The van der Waals surface area contributed by atoms with Crippen LogP contribution >= 0.6 is 15.9 Å². The van der Waals surface area contributed by atoms with E-state index in [0.717, 1.165) is 15.8 Å². The largest absolute Gasteiger partial charge is 0.340 e. The van der Waals surface area contributed by atoms with Gasteiger partial charge in [0.2, 0.25) is 0 Å². The number of carbonyl (C=O) groups excluding carboxylic acids is 1. The number of para-hydroxylation sites is 1. The highest BCUT2D eigenvalue weighted by molar-refractivity contribution is 9.10. The van der Waals surface area contributed by atoms with Crippen LogP contribution in [0.4, 0.5) is 17.2 Å². The summed E-state index contributed by atoms with van der Waals surface area (Å²) in [4.78, 5) is 16.6. The highest BCUT2D eigenvalue weighted by atomic mass is 79.9. The second-order valence-corrected chi connectivity index (χ2v) is 5.80. The molecule has 0 saturated heterocycles. The van der Waals surface area contributed by atoms with Crippen molar-refractivity contribution in [3.05, 3.63) is 83.0 Å². The number of nitrogens with zero attached hydrogens (tertiary/aromatic N) is 1. The molecule has 0 aliphatic heterocycles. The van der Waals surface area contributed by atoms with Gasteiger partial charge in [-0.25, -0.2) is 4.98 Å². The minimum Gasteiger partial charge on any atom is -0.340 e. The van der Waals surface area contributed by atoms with Crippen LogP contribution in [0.15, 0.2) is 77.4 Å². The van der Waals surface area contributed by atoms with Crippen LogP contribution in [0, 0.1) is 0 Å². The number of hydrogen-bond donors (Lipinski definition) is 2. The lowest BCUT2D eigenvalue weighted by molar-refractivity contribution is 0.102. The van der Waals surface area contributed by atoms with Gasteiger partial charge in [0.15, 0.2) is 0 Å². The first kappa shape index (κ1) is 15.2. The third-order valence-electron chi connectivity index (χ3n) is 3.15. The van der Waals surface area contributed by atoms with E-state index in [2.05, 4.69) is 31.5 Å². The summed E-state index contributed by atoms with van der Waals surface area (Å²) in [5, 5.41) is 6.04. The van der Waals surface area contributed by atoms with E-state index in [9.17, 15) is 4.79 Å². The van der Waals surface area contributed by atoms with Crippen molar-refractivity contribution < 1.29 is 4.79 Å². The van der Waals surface area contributed by atoms with Gasteiger partial charge in [-0.3, -0.25) is 4.79 Å². The van der Waals surface area contributed by atoms with Gasteiger partial charge in [-0.2, -0.15) is 0 Å². The zero-order valence-corrected chi connectivity index (χ0v) is 13.7. The maximum absolute atomic E-state index is 12.3. The molecular weight excluding hydrogens is 354 g/mol. The first-order valence-corrected chi connectivity index (χ1v) is 7.85. The molecule has 1 heterocycles. The predicted octanol–water partition coefficient (Wildman–Crippen LogP) is 4.84. The van der Waals surface area contributed by atoms with E-state index >= 15 is 0 Å². The number of halogens is 1. The fourth-order valence-electron chi connectivity index (χ4n) is 2.08. The molecule has 3 rings (SSSR count). The first-order chi connectivity index (χ1) is 11.2. The van der Waals surface area contributed by atoms with Crippen LogP contribution < -0.4 is 10.6 Å². The Hall–Kier alpha value is -2.66. The van der Waals surface area contributed by atoms with E-state index in [0.29, 0.717) is 11.4 Å². The van der Waals surface area contributed by atoms with E-state index < -0.39 is 0 Å². The maximum Gasteiger partial charge on any atom is 0.255 e. The Kier molecular flexibility index (Phi) is 4.68. The number of anilines is 3. The van der Waals surface area contributed by atoms with Gasteiger partial charge >= 0.3 is 0 Å². The molecule has 4 nitrogen and oxygen atoms in total. The van der Waals surface area contributed by atoms with Crippen LogP contribution in [0.25, 0.3) is 0 Å². The number of benzene rings is 2. The minimum atomic E-state index is -0.179. The van der Waals surface area contributed by atoms with E-state index in [1.54, 1.807) is 18.3 Å². The van der Waals surface area contributed by atoms with Crippen molar-refractivity contribution >= 4 is 39.0 Å². The summed E-state index contributed by atoms with van der Waals surface area (Å²) >= 11 is 3.39. The molecule has 114 valence electrons. The second-order valence-electron chi connectivity index (χ2n) is 4.89. The lowest BCUT2D eigenvalue weighted by Crippen LogP contribution is -2.12. The standard InChI is InChI=1S/C18H14BrN3O/c19-14-5-4-8-16(12-14)22-18(23)13-9-10-20-17(11-13)21-15-6-2-1-3-7-15/h1-12H,(H,20,21)(H,22,23). The third kappa shape index (κ3) is 4.17. The van der Waals surface area contributed by atoms with Gasteiger partial charge < -0.3 is 10.6 Å². The van der Waals surface area contributed by atoms with Gasteiger partial charge in [-0.1, -0.05) is 40.2 Å². The number of pyridine rings is 1. The quantitative estimate of drug-likeness (QED) is 0.693. The molecule has 0 spiro atoms. The third-order valence-corrected chi connectivity index (χ3v) is 3.64. The molecule has 1 amide bonds. The van der Waals surface area contributed by atoms with Crippen molar-refractivity contribution in [2.45, 2.75) is 0 Å². The molecule has 1 aromatic heterocycles. The SMILES string of the molecule is O=C(Nc1cccc(Br)c1)c1ccnc(Nc2ccccc2)c1. The van der Waals surface area contributed by atoms with Crippen LogP contribution in [0.3, 0.4) is 0 Å². The van der Waals surface area contributed by atoms with Crippen molar-refractivity contribution in [2.75, 3.05) is 10.6 Å². The molecule has 5 heteroatoms. The summed E-state index contributed by atoms with van der Waals surface area (Å²) in [5.41, 5.74) is 2.20. The molecule has 23 heavy (non-hydrogen) atoms. The number of amides is 1. The zero-order chi connectivity index (χ0) is 16.1. The van der Waals surface area contributed by atoms with E-state index in [-0.39, 0.29) is 5.91 Å². The van der Waals surface area contributed by atoms with Crippen molar-refractivity contribution in [3.63, 3.8) is 0 Å². The molecule has 2 aromatic carbocycles. The van der Waals surface area contributed by atoms with Crippen molar-refractivity contribution in [1.82, 2.24) is 4.98 Å². The van der Waals surface area contributed by atoms with Gasteiger partial charge in [0.25, 0.3) is 5.91 Å². The molecule has 0 fully saturated rings. The Morgan fingerprint density at radius 3 is 2.48 bits per heavy atom. The Labute approximate surface area is 142 Å². The highest BCUT2D eigenvalue weighted by Crippen LogP contribution is 2.18. The van der Waals surface area contributed by atoms with Crippen molar-refractivity contribution in [2.24, 2.45) is 0 Å². The summed E-state index contributed by atoms with van der Waals surface area (Å²) in [5.74, 6) is 0.444. The second kappa shape index (κ2) is 7.07. The summed E-state index contributed by atoms with van der Waals surface area (Å²) in [6.45, 7) is 0. The molecule has 0 unspecified atom stereocenters. The fourth-order valence-corrected chi connectivity index (χ4v) is 2.48. The lowest BCUT2D eigenvalue weighted by atomic mass is 10.2. The van der Waals surface area contributed by atoms with Gasteiger partial charge in [0.1, 0.15) is 5.82 Å². The normalized spacial score (nSPS) is 10.1. The van der Waals surface area contributed by atoms with E-state index in [1.165, 1.54) is 0 Å². The summed E-state index contributed by atoms with van der Waals surface area (Å²) < 4.78 is 0.913. The van der Waals surface area contributed by atoms with Crippen LogP contribution in [0.5, 0.6) is 0 Å². The van der Waals surface area contributed by atoms with Gasteiger partial charge in [0, 0.05) is 27.6 Å². The monoisotopic (exact) mass is 367 g/mol. The minimum absolute atomic E-state index is 0.179. The Balaban J connectivity index is 1.75. The number of aromatic nitrogens is 1. The molecule has 3 aromatic rings. The van der Waals surface area contributed by atoms with Gasteiger partial charge in [-0.05, 0) is 42.5 Å². The zero-order valence-electron chi connectivity index (χ0n) is 12.2. The molecule has 0 saturated carbocycles. The molecule has 0 bridgehead atoms. The van der Waals surface area contributed by atoms with E-state index in [1.807, 2.05) is 54.6 Å². The average Bonchev–Trinajstić information content (AvgIpc) is 2.56. The number of hydrogen-bond acceptors (Lipinski definition) is 3. The summed E-state index contributed by atoms with van der Waals surface area (Å²) in [7, 11) is 0. The molecule has 0 aliphatic carbocycles. The molecule has 0 radical (unpaired) electrons. The maximum atomic E-state index is 12.3. The van der Waals surface area contributed by atoms with Crippen LogP contribution in [0.2, 0.25) is 0 Å². The Morgan fingerprint density at radius 2 is 1.70 bits per heavy atom. The molecule has 2 N–H and O–H groups in total. The molecule has 0 aliphatic rings. The summed E-state index contributed by atoms with van der Waals surface area (Å²) in [6.07, 6.45) is 1.61. The molecular formula is C18H14BrN3O. The van der Waals surface area contributed by atoms with Gasteiger partial charge in [0.05, 0.1) is 0 Å². The predicted molar refractivity (Wildman–Crippen MR) is 96.1 cm³/mol. The molecule has 0 atom stereocenters. The van der Waals surface area contributed by atoms with Crippen molar-refractivity contribution in [3.8, 4) is 0 Å². The number of carbonyl (C=O) groups is 1. The van der Waals surface area contributed by atoms with Crippen LogP contribution in [-0.2, 0) is 0 Å². The highest BCUT2D eigenvalue weighted by Gasteiger charge is 2.08. The number of nitrogens with one attached hydrogen (secondary N) is 2. The first-order valence-electron chi connectivity index (χ1n) is 7.06. The average molecular weight is 368 g/mol. The number of rotatable bonds is 4. The topological polar surface area (TPSA) is 54.0 Å².